The first-order chi connectivity index (χ1) is 9.90. The lowest BCUT2D eigenvalue weighted by atomic mass is 9.92. The quantitative estimate of drug-likeness (QED) is 0.888. The number of pyridine rings is 1. The molecule has 2 aromatic heterocycles. The van der Waals surface area contributed by atoms with Crippen LogP contribution in [0.4, 0.5) is 5.82 Å². The summed E-state index contributed by atoms with van der Waals surface area (Å²) in [7, 11) is 0. The van der Waals surface area contributed by atoms with Crippen LogP contribution in [0.5, 0.6) is 0 Å². The molecule has 5 heteroatoms. The zero-order valence-corrected chi connectivity index (χ0v) is 14.5. The van der Waals surface area contributed by atoms with E-state index in [1.807, 2.05) is 12.1 Å². The summed E-state index contributed by atoms with van der Waals surface area (Å²) in [6.45, 7) is 9.50. The van der Waals surface area contributed by atoms with Crippen molar-refractivity contribution in [2.24, 2.45) is 0 Å². The van der Waals surface area contributed by atoms with Gasteiger partial charge in [-0.05, 0) is 28.4 Å². The van der Waals surface area contributed by atoms with E-state index < -0.39 is 0 Å². The molecule has 0 fully saturated rings. The third-order valence-corrected chi connectivity index (χ3v) is 3.45. The second kappa shape index (κ2) is 6.52. The summed E-state index contributed by atoms with van der Waals surface area (Å²) in [5.41, 5.74) is 1.90. The Morgan fingerprint density at radius 3 is 2.52 bits per heavy atom. The molecule has 0 amide bonds. The Bertz CT molecular complexity index is 620. The van der Waals surface area contributed by atoms with Gasteiger partial charge >= 0.3 is 0 Å². The number of hydrogen-bond donors (Lipinski definition) is 1. The van der Waals surface area contributed by atoms with Gasteiger partial charge in [0.25, 0.3) is 0 Å². The fraction of sp³-hybridized carbons (Fsp3) is 0.438. The van der Waals surface area contributed by atoms with E-state index in [2.05, 4.69) is 58.9 Å². The Balaban J connectivity index is 2.49. The summed E-state index contributed by atoms with van der Waals surface area (Å²) in [5.74, 6) is 1.57. The highest BCUT2D eigenvalue weighted by molar-refractivity contribution is 9.10. The van der Waals surface area contributed by atoms with Crippen LogP contribution in [0.1, 0.15) is 39.8 Å². The van der Waals surface area contributed by atoms with Gasteiger partial charge in [-0.25, -0.2) is 9.97 Å². The van der Waals surface area contributed by atoms with E-state index in [1.165, 1.54) is 0 Å². The zero-order valence-electron chi connectivity index (χ0n) is 12.9. The van der Waals surface area contributed by atoms with Crippen LogP contribution in [-0.4, -0.2) is 21.5 Å². The minimum Gasteiger partial charge on any atom is -0.370 e. The molecule has 0 atom stereocenters. The molecule has 0 spiro atoms. The lowest BCUT2D eigenvalue weighted by Gasteiger charge is -2.19. The SMILES string of the molecule is CCCNc1cc(C(C)(C)C)nc(-c2cncc(Br)c2)n1. The Morgan fingerprint density at radius 1 is 1.14 bits per heavy atom. The van der Waals surface area contributed by atoms with E-state index in [0.29, 0.717) is 5.82 Å². The van der Waals surface area contributed by atoms with Crippen LogP contribution in [0, 0.1) is 0 Å². The third-order valence-electron chi connectivity index (χ3n) is 3.01. The molecule has 4 nitrogen and oxygen atoms in total. The molecular weight excluding hydrogens is 328 g/mol. The highest BCUT2D eigenvalue weighted by Crippen LogP contribution is 2.26. The van der Waals surface area contributed by atoms with Gasteiger partial charge in [0, 0.05) is 40.5 Å². The van der Waals surface area contributed by atoms with Crippen molar-refractivity contribution in [2.45, 2.75) is 39.5 Å². The van der Waals surface area contributed by atoms with Gasteiger partial charge in [-0.1, -0.05) is 27.7 Å². The maximum atomic E-state index is 4.71. The largest absolute Gasteiger partial charge is 0.370 e. The van der Waals surface area contributed by atoms with E-state index in [4.69, 9.17) is 4.98 Å². The molecule has 112 valence electrons. The maximum absolute atomic E-state index is 4.71. The molecule has 0 aromatic carbocycles. The van der Waals surface area contributed by atoms with E-state index in [0.717, 1.165) is 34.5 Å². The predicted octanol–water partition coefficient (Wildman–Crippen LogP) is 4.42. The van der Waals surface area contributed by atoms with Crippen LogP contribution < -0.4 is 5.32 Å². The normalized spacial score (nSPS) is 11.5. The Morgan fingerprint density at radius 2 is 1.90 bits per heavy atom. The van der Waals surface area contributed by atoms with Gasteiger partial charge in [-0.3, -0.25) is 4.98 Å². The standard InChI is InChI=1S/C16H21BrN4/c1-5-6-19-14-8-13(16(2,3)4)20-15(21-14)11-7-12(17)10-18-9-11/h7-10H,5-6H2,1-4H3,(H,19,20,21). The van der Waals surface area contributed by atoms with Crippen molar-refractivity contribution in [1.82, 2.24) is 15.0 Å². The van der Waals surface area contributed by atoms with Crippen LogP contribution in [0.2, 0.25) is 0 Å². The molecule has 2 heterocycles. The van der Waals surface area contributed by atoms with E-state index in [9.17, 15) is 0 Å². The third kappa shape index (κ3) is 4.24. The minimum atomic E-state index is -0.0280. The summed E-state index contributed by atoms with van der Waals surface area (Å²) in [6.07, 6.45) is 4.60. The molecule has 0 saturated heterocycles. The van der Waals surface area contributed by atoms with Crippen molar-refractivity contribution in [1.29, 1.82) is 0 Å². The molecule has 0 unspecified atom stereocenters. The molecule has 0 bridgehead atoms. The average molecular weight is 349 g/mol. The van der Waals surface area contributed by atoms with Gasteiger partial charge in [0.05, 0.1) is 5.69 Å². The minimum absolute atomic E-state index is 0.0280. The van der Waals surface area contributed by atoms with Gasteiger partial charge < -0.3 is 5.32 Å². The molecule has 2 aromatic rings. The zero-order chi connectivity index (χ0) is 15.5. The first-order valence-electron chi connectivity index (χ1n) is 7.14. The smallest absolute Gasteiger partial charge is 0.163 e. The van der Waals surface area contributed by atoms with Crippen LogP contribution >= 0.6 is 15.9 Å². The van der Waals surface area contributed by atoms with Gasteiger partial charge in [0.1, 0.15) is 5.82 Å². The van der Waals surface area contributed by atoms with E-state index in [-0.39, 0.29) is 5.41 Å². The molecule has 0 aliphatic heterocycles. The number of rotatable bonds is 4. The number of nitrogens with zero attached hydrogens (tertiary/aromatic N) is 3. The van der Waals surface area contributed by atoms with Gasteiger partial charge in [-0.15, -0.1) is 0 Å². The van der Waals surface area contributed by atoms with Crippen molar-refractivity contribution in [3.05, 3.63) is 34.7 Å². The van der Waals surface area contributed by atoms with E-state index in [1.54, 1.807) is 12.4 Å². The van der Waals surface area contributed by atoms with Crippen molar-refractivity contribution in [2.75, 3.05) is 11.9 Å². The summed E-state index contributed by atoms with van der Waals surface area (Å²) < 4.78 is 0.924. The van der Waals surface area contributed by atoms with Gasteiger partial charge in [-0.2, -0.15) is 0 Å². The summed E-state index contributed by atoms with van der Waals surface area (Å²) in [4.78, 5) is 13.5. The molecule has 21 heavy (non-hydrogen) atoms. The summed E-state index contributed by atoms with van der Waals surface area (Å²) in [6, 6.07) is 4.02. The van der Waals surface area contributed by atoms with Crippen molar-refractivity contribution >= 4 is 21.7 Å². The van der Waals surface area contributed by atoms with Gasteiger partial charge in [0.15, 0.2) is 5.82 Å². The number of halogens is 1. The lowest BCUT2D eigenvalue weighted by Crippen LogP contribution is -2.16. The second-order valence-corrected chi connectivity index (χ2v) is 6.95. The van der Waals surface area contributed by atoms with Crippen LogP contribution in [0.15, 0.2) is 29.0 Å². The second-order valence-electron chi connectivity index (χ2n) is 6.03. The molecule has 0 aliphatic carbocycles. The molecule has 0 saturated carbocycles. The highest BCUT2D eigenvalue weighted by Gasteiger charge is 2.18. The molecular formula is C16H21BrN4. The molecule has 2 rings (SSSR count). The number of hydrogen-bond acceptors (Lipinski definition) is 4. The first kappa shape index (κ1) is 15.9. The lowest BCUT2D eigenvalue weighted by molar-refractivity contribution is 0.568. The van der Waals surface area contributed by atoms with E-state index >= 15 is 0 Å². The molecule has 0 aliphatic rings. The monoisotopic (exact) mass is 348 g/mol. The topological polar surface area (TPSA) is 50.7 Å². The Labute approximate surface area is 134 Å². The summed E-state index contributed by atoms with van der Waals surface area (Å²) in [5, 5.41) is 3.35. The van der Waals surface area contributed by atoms with Crippen LogP contribution in [0.3, 0.4) is 0 Å². The van der Waals surface area contributed by atoms with Gasteiger partial charge in [0.2, 0.25) is 0 Å². The van der Waals surface area contributed by atoms with Crippen molar-refractivity contribution in [3.63, 3.8) is 0 Å². The maximum Gasteiger partial charge on any atom is 0.163 e. The fourth-order valence-corrected chi connectivity index (χ4v) is 2.20. The Kier molecular flexibility index (Phi) is 4.93. The number of nitrogens with one attached hydrogen (secondary N) is 1. The van der Waals surface area contributed by atoms with Crippen LogP contribution in [-0.2, 0) is 5.41 Å². The molecule has 1 N–H and O–H groups in total. The number of aromatic nitrogens is 3. The number of anilines is 1. The predicted molar refractivity (Wildman–Crippen MR) is 90.4 cm³/mol. The molecule has 0 radical (unpaired) electrons. The highest BCUT2D eigenvalue weighted by atomic mass is 79.9. The summed E-state index contributed by atoms with van der Waals surface area (Å²) >= 11 is 3.44. The van der Waals surface area contributed by atoms with Crippen molar-refractivity contribution in [3.8, 4) is 11.4 Å². The Hall–Kier alpha value is -1.49. The van der Waals surface area contributed by atoms with Crippen LogP contribution in [0.25, 0.3) is 11.4 Å². The van der Waals surface area contributed by atoms with Crippen molar-refractivity contribution < 1.29 is 0 Å². The first-order valence-corrected chi connectivity index (χ1v) is 7.94. The average Bonchev–Trinajstić information content (AvgIpc) is 2.44. The fourth-order valence-electron chi connectivity index (χ4n) is 1.84.